The minimum absolute atomic E-state index is 0.00433. The van der Waals surface area contributed by atoms with Crippen molar-refractivity contribution in [3.05, 3.63) is 11.6 Å². The first-order valence-corrected chi connectivity index (χ1v) is 7.15. The van der Waals surface area contributed by atoms with Gasteiger partial charge in [-0.15, -0.1) is 0 Å². The molecule has 0 aromatic rings. The summed E-state index contributed by atoms with van der Waals surface area (Å²) < 4.78 is 37.8. The predicted molar refractivity (Wildman–Crippen MR) is 70.2 cm³/mol. The molecule has 1 unspecified atom stereocenters. The Morgan fingerprint density at radius 2 is 2.25 bits per heavy atom. The molecule has 2 aliphatic rings. The Balaban J connectivity index is 2.06. The molecule has 1 atom stereocenters. The summed E-state index contributed by atoms with van der Waals surface area (Å²) in [5, 5.41) is 3.24. The van der Waals surface area contributed by atoms with E-state index in [2.05, 4.69) is 5.32 Å². The van der Waals surface area contributed by atoms with Crippen LogP contribution in [0.1, 0.15) is 32.6 Å². The van der Waals surface area contributed by atoms with Crippen LogP contribution in [0.15, 0.2) is 11.6 Å². The molecule has 3 nitrogen and oxygen atoms in total. The first kappa shape index (κ1) is 15.4. The maximum absolute atomic E-state index is 12.6. The van der Waals surface area contributed by atoms with E-state index in [1.54, 1.807) is 4.90 Å². The first-order valence-electron chi connectivity index (χ1n) is 7.15. The van der Waals surface area contributed by atoms with Crippen molar-refractivity contribution in [1.82, 2.24) is 10.2 Å². The van der Waals surface area contributed by atoms with Crippen molar-refractivity contribution in [2.75, 3.05) is 26.2 Å². The number of amides is 1. The van der Waals surface area contributed by atoms with Crippen LogP contribution in [0.3, 0.4) is 0 Å². The van der Waals surface area contributed by atoms with Crippen molar-refractivity contribution < 1.29 is 18.0 Å². The predicted octanol–water partition coefficient (Wildman–Crippen LogP) is 2.49. The molecule has 0 aromatic heterocycles. The lowest BCUT2D eigenvalue weighted by atomic mass is 9.77. The van der Waals surface area contributed by atoms with Crippen molar-refractivity contribution in [3.8, 4) is 0 Å². The molecule has 0 aromatic carbocycles. The molecule has 6 heteroatoms. The topological polar surface area (TPSA) is 32.3 Å². The Morgan fingerprint density at radius 3 is 2.70 bits per heavy atom. The van der Waals surface area contributed by atoms with Gasteiger partial charge in [-0.2, -0.15) is 13.2 Å². The highest BCUT2D eigenvalue weighted by atomic mass is 19.4. The number of nitrogens with one attached hydrogen (secondary N) is 1. The van der Waals surface area contributed by atoms with Gasteiger partial charge in [-0.25, -0.2) is 0 Å². The highest BCUT2D eigenvalue weighted by Crippen LogP contribution is 2.35. The van der Waals surface area contributed by atoms with Crippen molar-refractivity contribution in [3.63, 3.8) is 0 Å². The molecule has 2 rings (SSSR count). The third-order valence-electron chi connectivity index (χ3n) is 4.46. The van der Waals surface area contributed by atoms with E-state index < -0.39 is 17.2 Å². The van der Waals surface area contributed by atoms with Crippen molar-refractivity contribution in [2.45, 2.75) is 38.8 Å². The monoisotopic (exact) mass is 290 g/mol. The number of halogens is 3. The van der Waals surface area contributed by atoms with Crippen LogP contribution in [0.4, 0.5) is 13.2 Å². The summed E-state index contributed by atoms with van der Waals surface area (Å²) in [7, 11) is 0. The first-order chi connectivity index (χ1) is 9.39. The fourth-order valence-corrected chi connectivity index (χ4v) is 3.05. The summed E-state index contributed by atoms with van der Waals surface area (Å²) in [6.45, 7) is 3.77. The summed E-state index contributed by atoms with van der Waals surface area (Å²) in [6, 6.07) is 0. The summed E-state index contributed by atoms with van der Waals surface area (Å²) in [5.41, 5.74) is -0.934. The summed E-state index contributed by atoms with van der Waals surface area (Å²) >= 11 is 0. The molecular formula is C14H21F3N2O. The second-order valence-electron chi connectivity index (χ2n) is 5.64. The SMILES string of the molecule is CCC1(C(=O)N2CC=C(C(F)(F)F)CC2)CCCNC1. The Labute approximate surface area is 117 Å². The zero-order valence-electron chi connectivity index (χ0n) is 11.7. The van der Waals surface area contributed by atoms with E-state index in [4.69, 9.17) is 0 Å². The number of carbonyl (C=O) groups is 1. The van der Waals surface area contributed by atoms with Crippen LogP contribution < -0.4 is 5.32 Å². The highest BCUT2D eigenvalue weighted by molar-refractivity contribution is 5.83. The lowest BCUT2D eigenvalue weighted by molar-refractivity contribution is -0.144. The van der Waals surface area contributed by atoms with E-state index in [0.29, 0.717) is 6.54 Å². The number of hydrogen-bond donors (Lipinski definition) is 1. The van der Waals surface area contributed by atoms with E-state index in [-0.39, 0.29) is 25.4 Å². The molecule has 2 aliphatic heterocycles. The minimum Gasteiger partial charge on any atom is -0.338 e. The van der Waals surface area contributed by atoms with E-state index in [9.17, 15) is 18.0 Å². The Kier molecular flexibility index (Phi) is 4.42. The summed E-state index contributed by atoms with van der Waals surface area (Å²) in [4.78, 5) is 14.2. The Hall–Kier alpha value is -1.04. The molecule has 0 spiro atoms. The molecule has 1 amide bonds. The standard InChI is InChI=1S/C14H21F3N2O/c1-2-13(6-3-7-18-10-13)12(20)19-8-4-11(5-9-19)14(15,16)17/h4,18H,2-3,5-10H2,1H3. The summed E-state index contributed by atoms with van der Waals surface area (Å²) in [5.74, 6) is 0.00433. The fraction of sp³-hybridized carbons (Fsp3) is 0.786. The van der Waals surface area contributed by atoms with Crippen molar-refractivity contribution in [2.24, 2.45) is 5.41 Å². The van der Waals surface area contributed by atoms with Gasteiger partial charge >= 0.3 is 6.18 Å². The van der Waals surface area contributed by atoms with Crippen LogP contribution in [-0.4, -0.2) is 43.2 Å². The minimum atomic E-state index is -4.26. The number of carbonyl (C=O) groups excluding carboxylic acids is 1. The van der Waals surface area contributed by atoms with Gasteiger partial charge < -0.3 is 10.2 Å². The van der Waals surface area contributed by atoms with Gasteiger partial charge in [0.05, 0.1) is 5.41 Å². The van der Waals surface area contributed by atoms with Crippen LogP contribution in [0.2, 0.25) is 0 Å². The number of alkyl halides is 3. The third kappa shape index (κ3) is 3.00. The van der Waals surface area contributed by atoms with Crippen molar-refractivity contribution in [1.29, 1.82) is 0 Å². The van der Waals surface area contributed by atoms with Gasteiger partial charge in [0.25, 0.3) is 0 Å². The molecule has 1 saturated heterocycles. The molecule has 1 N–H and O–H groups in total. The average molecular weight is 290 g/mol. The molecule has 20 heavy (non-hydrogen) atoms. The zero-order valence-corrected chi connectivity index (χ0v) is 11.7. The lowest BCUT2D eigenvalue weighted by Crippen LogP contribution is -2.52. The maximum atomic E-state index is 12.6. The van der Waals surface area contributed by atoms with E-state index in [1.165, 1.54) is 0 Å². The van der Waals surface area contributed by atoms with Gasteiger partial charge in [0.1, 0.15) is 0 Å². The zero-order chi connectivity index (χ0) is 14.8. The van der Waals surface area contributed by atoms with E-state index in [1.807, 2.05) is 6.92 Å². The van der Waals surface area contributed by atoms with Crippen LogP contribution >= 0.6 is 0 Å². The lowest BCUT2D eigenvalue weighted by Gasteiger charge is -2.40. The van der Waals surface area contributed by atoms with Crippen LogP contribution in [0, 0.1) is 5.41 Å². The van der Waals surface area contributed by atoms with Crippen LogP contribution in [-0.2, 0) is 4.79 Å². The molecular weight excluding hydrogens is 269 g/mol. The van der Waals surface area contributed by atoms with Gasteiger partial charge in [0.2, 0.25) is 5.91 Å². The van der Waals surface area contributed by atoms with Gasteiger partial charge in [-0.1, -0.05) is 13.0 Å². The smallest absolute Gasteiger partial charge is 0.338 e. The molecule has 0 bridgehead atoms. The molecule has 114 valence electrons. The second-order valence-corrected chi connectivity index (χ2v) is 5.64. The molecule has 2 heterocycles. The van der Waals surface area contributed by atoms with Gasteiger partial charge in [-0.05, 0) is 32.2 Å². The van der Waals surface area contributed by atoms with Gasteiger partial charge in [0.15, 0.2) is 0 Å². The fourth-order valence-electron chi connectivity index (χ4n) is 3.05. The molecule has 0 radical (unpaired) electrons. The number of hydrogen-bond acceptors (Lipinski definition) is 2. The van der Waals surface area contributed by atoms with Crippen LogP contribution in [0.25, 0.3) is 0 Å². The molecule has 1 fully saturated rings. The number of piperidine rings is 1. The molecule has 0 saturated carbocycles. The number of nitrogens with zero attached hydrogens (tertiary/aromatic N) is 1. The number of rotatable bonds is 2. The van der Waals surface area contributed by atoms with E-state index >= 15 is 0 Å². The largest absolute Gasteiger partial charge is 0.412 e. The second kappa shape index (κ2) is 5.76. The van der Waals surface area contributed by atoms with Gasteiger partial charge in [0, 0.05) is 25.2 Å². The van der Waals surface area contributed by atoms with Crippen molar-refractivity contribution >= 4 is 5.91 Å². The van der Waals surface area contributed by atoms with Gasteiger partial charge in [-0.3, -0.25) is 4.79 Å². The maximum Gasteiger partial charge on any atom is 0.412 e. The normalized spacial score (nSPS) is 28.2. The van der Waals surface area contributed by atoms with E-state index in [0.717, 1.165) is 31.9 Å². The highest BCUT2D eigenvalue weighted by Gasteiger charge is 2.42. The molecule has 0 aliphatic carbocycles. The third-order valence-corrected chi connectivity index (χ3v) is 4.46. The quantitative estimate of drug-likeness (QED) is 0.793. The Bertz CT molecular complexity index is 398. The Morgan fingerprint density at radius 1 is 1.50 bits per heavy atom. The average Bonchev–Trinajstić information content (AvgIpc) is 2.46. The van der Waals surface area contributed by atoms with Crippen LogP contribution in [0.5, 0.6) is 0 Å². The summed E-state index contributed by atoms with van der Waals surface area (Å²) in [6.07, 6.45) is -0.711.